The number of nitrogens with one attached hydrogen (secondary N) is 1. The van der Waals surface area contributed by atoms with Crippen LogP contribution < -0.4 is 10.1 Å². The van der Waals surface area contributed by atoms with E-state index in [0.29, 0.717) is 0 Å². The molecular formula is C18H23NO. The molecule has 2 aromatic carbocycles. The van der Waals surface area contributed by atoms with Gasteiger partial charge in [-0.15, -0.1) is 0 Å². The lowest BCUT2D eigenvalue weighted by Crippen LogP contribution is -2.05. The molecule has 0 atom stereocenters. The Hall–Kier alpha value is -1.96. The monoisotopic (exact) mass is 269 g/mol. The second-order valence-corrected chi connectivity index (χ2v) is 5.43. The van der Waals surface area contributed by atoms with E-state index in [4.69, 9.17) is 4.74 Å². The van der Waals surface area contributed by atoms with E-state index in [2.05, 4.69) is 57.3 Å². The van der Waals surface area contributed by atoms with Crippen LogP contribution in [0.25, 0.3) is 0 Å². The third kappa shape index (κ3) is 3.13. The van der Waals surface area contributed by atoms with Crippen molar-refractivity contribution in [3.05, 3.63) is 58.1 Å². The van der Waals surface area contributed by atoms with Gasteiger partial charge in [0.25, 0.3) is 0 Å². The summed E-state index contributed by atoms with van der Waals surface area (Å²) in [5.74, 6) is 0.887. The summed E-state index contributed by atoms with van der Waals surface area (Å²) >= 11 is 0. The van der Waals surface area contributed by atoms with Crippen LogP contribution in [-0.4, -0.2) is 7.11 Å². The average molecular weight is 269 g/mol. The van der Waals surface area contributed by atoms with Crippen LogP contribution in [0.4, 0.5) is 5.69 Å². The SMILES string of the molecule is COc1ccc(C)cc1NCc1c(C)cc(C)cc1C. The zero-order valence-corrected chi connectivity index (χ0v) is 13.0. The van der Waals surface area contributed by atoms with Crippen molar-refractivity contribution in [2.24, 2.45) is 0 Å². The van der Waals surface area contributed by atoms with Crippen molar-refractivity contribution in [2.45, 2.75) is 34.2 Å². The number of anilines is 1. The van der Waals surface area contributed by atoms with Gasteiger partial charge in [-0.3, -0.25) is 0 Å². The summed E-state index contributed by atoms with van der Waals surface area (Å²) in [5, 5.41) is 3.50. The second kappa shape index (κ2) is 6.00. The summed E-state index contributed by atoms with van der Waals surface area (Å²) in [6, 6.07) is 10.7. The van der Waals surface area contributed by atoms with Gasteiger partial charge in [-0.05, 0) is 62.1 Å². The molecule has 0 saturated carbocycles. The number of methoxy groups -OCH3 is 1. The molecule has 0 amide bonds. The van der Waals surface area contributed by atoms with E-state index in [9.17, 15) is 0 Å². The third-order valence-electron chi connectivity index (χ3n) is 3.65. The summed E-state index contributed by atoms with van der Waals surface area (Å²) in [7, 11) is 1.71. The van der Waals surface area contributed by atoms with E-state index in [0.717, 1.165) is 18.0 Å². The molecule has 0 radical (unpaired) electrons. The summed E-state index contributed by atoms with van der Waals surface area (Å²) in [5.41, 5.74) is 7.62. The lowest BCUT2D eigenvalue weighted by Gasteiger charge is -2.15. The summed E-state index contributed by atoms with van der Waals surface area (Å²) in [6.07, 6.45) is 0. The first kappa shape index (κ1) is 14.4. The Labute approximate surface area is 121 Å². The molecule has 2 rings (SSSR count). The van der Waals surface area contributed by atoms with Gasteiger partial charge in [-0.2, -0.15) is 0 Å². The highest BCUT2D eigenvalue weighted by atomic mass is 16.5. The molecule has 20 heavy (non-hydrogen) atoms. The molecule has 2 aromatic rings. The Bertz CT molecular complexity index is 594. The minimum atomic E-state index is 0.817. The zero-order chi connectivity index (χ0) is 14.7. The van der Waals surface area contributed by atoms with Gasteiger partial charge in [-0.1, -0.05) is 23.8 Å². The van der Waals surface area contributed by atoms with Crippen LogP contribution >= 0.6 is 0 Å². The fourth-order valence-corrected chi connectivity index (χ4v) is 2.63. The molecule has 0 fully saturated rings. The Kier molecular flexibility index (Phi) is 4.33. The molecule has 0 aromatic heterocycles. The molecule has 0 aliphatic carbocycles. The van der Waals surface area contributed by atoms with Gasteiger partial charge in [0, 0.05) is 6.54 Å². The first-order valence-corrected chi connectivity index (χ1v) is 6.96. The molecular weight excluding hydrogens is 246 g/mol. The van der Waals surface area contributed by atoms with Crippen molar-refractivity contribution in [1.82, 2.24) is 0 Å². The first-order chi connectivity index (χ1) is 9.51. The van der Waals surface area contributed by atoms with Gasteiger partial charge in [-0.25, -0.2) is 0 Å². The minimum absolute atomic E-state index is 0.817. The third-order valence-corrected chi connectivity index (χ3v) is 3.65. The van der Waals surface area contributed by atoms with E-state index >= 15 is 0 Å². The summed E-state index contributed by atoms with van der Waals surface area (Å²) in [4.78, 5) is 0. The van der Waals surface area contributed by atoms with Crippen LogP contribution in [0, 0.1) is 27.7 Å². The van der Waals surface area contributed by atoms with Gasteiger partial charge >= 0.3 is 0 Å². The van der Waals surface area contributed by atoms with Gasteiger partial charge in [0.2, 0.25) is 0 Å². The van der Waals surface area contributed by atoms with Gasteiger partial charge in [0.1, 0.15) is 5.75 Å². The lowest BCUT2D eigenvalue weighted by atomic mass is 10.00. The number of aryl methyl sites for hydroxylation is 4. The minimum Gasteiger partial charge on any atom is -0.495 e. The number of benzene rings is 2. The van der Waals surface area contributed by atoms with E-state index in [1.165, 1.54) is 27.8 Å². The average Bonchev–Trinajstić information content (AvgIpc) is 2.37. The summed E-state index contributed by atoms with van der Waals surface area (Å²) in [6.45, 7) is 9.39. The second-order valence-electron chi connectivity index (χ2n) is 5.43. The molecule has 2 nitrogen and oxygen atoms in total. The van der Waals surface area contributed by atoms with Crippen molar-refractivity contribution in [2.75, 3.05) is 12.4 Å². The van der Waals surface area contributed by atoms with Gasteiger partial charge in [0.05, 0.1) is 12.8 Å². The van der Waals surface area contributed by atoms with Gasteiger partial charge in [0.15, 0.2) is 0 Å². The van der Waals surface area contributed by atoms with E-state index in [-0.39, 0.29) is 0 Å². The smallest absolute Gasteiger partial charge is 0.141 e. The Morgan fingerprint density at radius 3 is 2.15 bits per heavy atom. The fourth-order valence-electron chi connectivity index (χ4n) is 2.63. The van der Waals surface area contributed by atoms with E-state index in [1.54, 1.807) is 7.11 Å². The largest absolute Gasteiger partial charge is 0.495 e. The predicted molar refractivity (Wildman–Crippen MR) is 85.7 cm³/mol. The van der Waals surface area contributed by atoms with Crippen LogP contribution in [-0.2, 0) is 6.54 Å². The zero-order valence-electron chi connectivity index (χ0n) is 13.0. The maximum Gasteiger partial charge on any atom is 0.141 e. The standard InChI is InChI=1S/C18H23NO/c1-12-6-7-18(20-5)17(10-12)19-11-16-14(3)8-13(2)9-15(16)4/h6-10,19H,11H2,1-5H3. The van der Waals surface area contributed by atoms with Gasteiger partial charge < -0.3 is 10.1 Å². The Morgan fingerprint density at radius 2 is 1.55 bits per heavy atom. The van der Waals surface area contributed by atoms with Crippen molar-refractivity contribution in [3.8, 4) is 5.75 Å². The summed E-state index contributed by atoms with van der Waals surface area (Å²) < 4.78 is 5.41. The molecule has 0 spiro atoms. The molecule has 0 aliphatic rings. The van der Waals surface area contributed by atoms with Crippen LogP contribution in [0.3, 0.4) is 0 Å². The molecule has 1 N–H and O–H groups in total. The van der Waals surface area contributed by atoms with Crippen LogP contribution in [0.2, 0.25) is 0 Å². The molecule has 0 saturated heterocycles. The van der Waals surface area contributed by atoms with Crippen LogP contribution in [0.1, 0.15) is 27.8 Å². The molecule has 0 unspecified atom stereocenters. The normalized spacial score (nSPS) is 10.4. The number of rotatable bonds is 4. The predicted octanol–water partition coefficient (Wildman–Crippen LogP) is 4.54. The number of hydrogen-bond donors (Lipinski definition) is 1. The first-order valence-electron chi connectivity index (χ1n) is 6.96. The highest BCUT2D eigenvalue weighted by Crippen LogP contribution is 2.26. The number of ether oxygens (including phenoxy) is 1. The van der Waals surface area contributed by atoms with Crippen molar-refractivity contribution in [1.29, 1.82) is 0 Å². The van der Waals surface area contributed by atoms with Crippen molar-refractivity contribution < 1.29 is 4.74 Å². The van der Waals surface area contributed by atoms with Crippen molar-refractivity contribution in [3.63, 3.8) is 0 Å². The maximum absolute atomic E-state index is 5.41. The van der Waals surface area contributed by atoms with E-state index in [1.807, 2.05) is 6.07 Å². The fraction of sp³-hybridized carbons (Fsp3) is 0.333. The highest BCUT2D eigenvalue weighted by Gasteiger charge is 2.06. The molecule has 0 bridgehead atoms. The molecule has 2 heteroatoms. The molecule has 0 heterocycles. The molecule has 106 valence electrons. The quantitative estimate of drug-likeness (QED) is 0.879. The maximum atomic E-state index is 5.41. The Balaban J connectivity index is 2.23. The topological polar surface area (TPSA) is 21.3 Å². The molecule has 0 aliphatic heterocycles. The Morgan fingerprint density at radius 1 is 0.900 bits per heavy atom. The lowest BCUT2D eigenvalue weighted by molar-refractivity contribution is 0.416. The van der Waals surface area contributed by atoms with Crippen LogP contribution in [0.5, 0.6) is 5.75 Å². The highest BCUT2D eigenvalue weighted by molar-refractivity contribution is 5.58. The van der Waals surface area contributed by atoms with Crippen LogP contribution in [0.15, 0.2) is 30.3 Å². The van der Waals surface area contributed by atoms with Crippen molar-refractivity contribution >= 4 is 5.69 Å². The number of hydrogen-bond acceptors (Lipinski definition) is 2. The van der Waals surface area contributed by atoms with E-state index < -0.39 is 0 Å².